The molecule has 0 saturated carbocycles. The van der Waals surface area contributed by atoms with Crippen molar-refractivity contribution in [3.05, 3.63) is 35.8 Å². The third kappa shape index (κ3) is 5.51. The lowest BCUT2D eigenvalue weighted by atomic mass is 9.83. The maximum Gasteiger partial charge on any atom is 0.238 e. The summed E-state index contributed by atoms with van der Waals surface area (Å²) >= 11 is 0. The van der Waals surface area contributed by atoms with E-state index >= 15 is 4.39 Å². The van der Waals surface area contributed by atoms with E-state index in [1.165, 1.54) is 13.2 Å². The Hall–Kier alpha value is -3.12. The second-order valence-electron chi connectivity index (χ2n) is 10.6. The molecule has 3 aromatic rings. The summed E-state index contributed by atoms with van der Waals surface area (Å²) in [7, 11) is 1.52. The van der Waals surface area contributed by atoms with Crippen molar-refractivity contribution in [3.8, 4) is 17.1 Å². The highest BCUT2D eigenvalue weighted by Gasteiger charge is 2.31. The molecule has 38 heavy (non-hydrogen) atoms. The van der Waals surface area contributed by atoms with E-state index in [4.69, 9.17) is 25.3 Å². The number of rotatable bonds is 7. The molecule has 0 bridgehead atoms. The van der Waals surface area contributed by atoms with Crippen LogP contribution in [0.25, 0.3) is 22.2 Å². The number of methoxy groups -OCH3 is 1. The molecular formula is C27H36FN7O3. The number of benzene rings is 1. The van der Waals surface area contributed by atoms with Gasteiger partial charge < -0.3 is 24.9 Å². The number of anilines is 2. The number of aliphatic hydroxyl groups is 1. The topological polar surface area (TPSA) is 122 Å². The minimum absolute atomic E-state index is 0.248. The highest BCUT2D eigenvalue weighted by atomic mass is 19.1. The van der Waals surface area contributed by atoms with Crippen LogP contribution < -0.4 is 20.9 Å². The van der Waals surface area contributed by atoms with Gasteiger partial charge in [0.15, 0.2) is 0 Å². The van der Waals surface area contributed by atoms with E-state index < -0.39 is 5.60 Å². The van der Waals surface area contributed by atoms with Crippen LogP contribution in [0.15, 0.2) is 24.4 Å². The molecule has 0 spiro atoms. The Bertz CT molecular complexity index is 1290. The van der Waals surface area contributed by atoms with Gasteiger partial charge in [-0.05, 0) is 69.5 Å². The lowest BCUT2D eigenvalue weighted by Gasteiger charge is -2.37. The molecule has 0 atom stereocenters. The Morgan fingerprint density at radius 3 is 2.55 bits per heavy atom. The second-order valence-corrected chi connectivity index (χ2v) is 10.6. The molecule has 0 unspecified atom stereocenters. The van der Waals surface area contributed by atoms with Crippen molar-refractivity contribution in [1.29, 1.82) is 0 Å². The summed E-state index contributed by atoms with van der Waals surface area (Å²) in [6, 6.07) is 4.85. The maximum absolute atomic E-state index is 15.1. The number of piperidine rings is 1. The number of hydrogen-bond acceptors (Lipinski definition) is 10. The SMILES string of the molecule is COc1ncc(-c2nc(N3CCOCC3)nc3c(CN4CCC(C(C)(C)O)CC4)cc(F)cc23)cc1NN. The van der Waals surface area contributed by atoms with E-state index in [9.17, 15) is 5.11 Å². The number of ether oxygens (including phenoxy) is 2. The molecule has 2 aliphatic heterocycles. The van der Waals surface area contributed by atoms with Gasteiger partial charge in [-0.25, -0.2) is 19.3 Å². The zero-order valence-electron chi connectivity index (χ0n) is 22.2. The fraction of sp³-hybridized carbons (Fsp3) is 0.519. The Morgan fingerprint density at radius 1 is 1.16 bits per heavy atom. The number of hydrogen-bond donors (Lipinski definition) is 3. The Labute approximate surface area is 221 Å². The molecule has 2 aromatic heterocycles. The summed E-state index contributed by atoms with van der Waals surface area (Å²) in [5.74, 6) is 6.54. The highest BCUT2D eigenvalue weighted by Crippen LogP contribution is 2.35. The summed E-state index contributed by atoms with van der Waals surface area (Å²) in [6.07, 6.45) is 3.43. The van der Waals surface area contributed by atoms with Gasteiger partial charge in [-0.3, -0.25) is 10.7 Å². The van der Waals surface area contributed by atoms with Gasteiger partial charge in [0.25, 0.3) is 0 Å². The first-order valence-electron chi connectivity index (χ1n) is 13.1. The second kappa shape index (κ2) is 10.9. The number of halogens is 1. The average Bonchev–Trinajstić information content (AvgIpc) is 2.92. The third-order valence-corrected chi connectivity index (χ3v) is 7.58. The van der Waals surface area contributed by atoms with Crippen LogP contribution in [0, 0.1) is 11.7 Å². The van der Waals surface area contributed by atoms with Crippen LogP contribution in [0.5, 0.6) is 5.88 Å². The van der Waals surface area contributed by atoms with Crippen LogP contribution in [-0.2, 0) is 11.3 Å². The fourth-order valence-electron chi connectivity index (χ4n) is 5.39. The number of nitrogens with two attached hydrogens (primary N) is 1. The van der Waals surface area contributed by atoms with Crippen LogP contribution in [-0.4, -0.2) is 77.1 Å². The van der Waals surface area contributed by atoms with Crippen molar-refractivity contribution in [1.82, 2.24) is 19.9 Å². The van der Waals surface area contributed by atoms with Crippen molar-refractivity contribution in [3.63, 3.8) is 0 Å². The first-order valence-corrected chi connectivity index (χ1v) is 13.1. The zero-order valence-corrected chi connectivity index (χ0v) is 22.2. The first kappa shape index (κ1) is 26.5. The van der Waals surface area contributed by atoms with Crippen molar-refractivity contribution in [2.24, 2.45) is 11.8 Å². The number of pyridine rings is 1. The number of hydrazine groups is 1. The Balaban J connectivity index is 1.58. The number of aromatic nitrogens is 3. The molecule has 0 amide bonds. The average molecular weight is 526 g/mol. The van der Waals surface area contributed by atoms with E-state index in [-0.39, 0.29) is 11.7 Å². The Morgan fingerprint density at radius 2 is 1.89 bits per heavy atom. The van der Waals surface area contributed by atoms with Crippen molar-refractivity contribution < 1.29 is 19.0 Å². The molecule has 204 valence electrons. The number of nitrogens with one attached hydrogen (secondary N) is 1. The largest absolute Gasteiger partial charge is 0.479 e. The van der Waals surface area contributed by atoms with Crippen molar-refractivity contribution in [2.75, 3.05) is 56.8 Å². The molecule has 0 radical (unpaired) electrons. The van der Waals surface area contributed by atoms with E-state index in [1.807, 2.05) is 13.8 Å². The highest BCUT2D eigenvalue weighted by molar-refractivity contribution is 5.95. The number of morpholine rings is 1. The molecular weight excluding hydrogens is 489 g/mol. The summed E-state index contributed by atoms with van der Waals surface area (Å²) < 4.78 is 25.9. The van der Waals surface area contributed by atoms with Gasteiger partial charge in [-0.2, -0.15) is 0 Å². The molecule has 2 saturated heterocycles. The normalized spacial score (nSPS) is 17.7. The quantitative estimate of drug-likeness (QED) is 0.313. The van der Waals surface area contributed by atoms with Crippen LogP contribution in [0.4, 0.5) is 16.0 Å². The molecule has 4 N–H and O–H groups in total. The number of fused-ring (bicyclic) bond motifs is 1. The number of likely N-dealkylation sites (tertiary alicyclic amines) is 1. The van der Waals surface area contributed by atoms with Gasteiger partial charge in [-0.15, -0.1) is 0 Å². The van der Waals surface area contributed by atoms with Crippen LogP contribution >= 0.6 is 0 Å². The minimum Gasteiger partial charge on any atom is -0.479 e. The van der Waals surface area contributed by atoms with Gasteiger partial charge in [0.2, 0.25) is 11.8 Å². The third-order valence-electron chi connectivity index (χ3n) is 7.58. The summed E-state index contributed by atoms with van der Waals surface area (Å²) in [4.78, 5) is 18.6. The van der Waals surface area contributed by atoms with E-state index in [0.717, 1.165) is 31.5 Å². The van der Waals surface area contributed by atoms with Gasteiger partial charge in [0, 0.05) is 36.8 Å². The van der Waals surface area contributed by atoms with Crippen molar-refractivity contribution >= 4 is 22.5 Å². The standard InChI is InChI=1S/C27H36FN7O3/c1-27(2,36)19-4-6-34(7-5-19)16-18-12-20(28)14-21-23(17-13-22(33-29)25(37-3)30-15-17)31-26(32-24(18)21)35-8-10-38-11-9-35/h12-15,19,33,36H,4-11,16,29H2,1-3H3. The predicted octanol–water partition coefficient (Wildman–Crippen LogP) is 2.94. The number of nitrogen functional groups attached to an aromatic ring is 1. The lowest BCUT2D eigenvalue weighted by molar-refractivity contribution is -0.0135. The number of nitrogens with zero attached hydrogens (tertiary/aromatic N) is 5. The van der Waals surface area contributed by atoms with Crippen molar-refractivity contribution in [2.45, 2.75) is 38.8 Å². The molecule has 2 aliphatic rings. The molecule has 4 heterocycles. The van der Waals surface area contributed by atoms with Crippen LogP contribution in [0.2, 0.25) is 0 Å². The van der Waals surface area contributed by atoms with Gasteiger partial charge >= 0.3 is 0 Å². The molecule has 2 fully saturated rings. The molecule has 5 rings (SSSR count). The molecule has 0 aliphatic carbocycles. The summed E-state index contributed by atoms with van der Waals surface area (Å²) in [6.45, 7) is 8.48. The first-order chi connectivity index (χ1) is 18.3. The monoisotopic (exact) mass is 525 g/mol. The summed E-state index contributed by atoms with van der Waals surface area (Å²) in [5, 5.41) is 11.0. The van der Waals surface area contributed by atoms with Crippen LogP contribution in [0.1, 0.15) is 32.3 Å². The minimum atomic E-state index is -0.698. The molecule has 10 nitrogen and oxygen atoms in total. The fourth-order valence-corrected chi connectivity index (χ4v) is 5.39. The van der Waals surface area contributed by atoms with E-state index in [0.29, 0.717) is 72.5 Å². The van der Waals surface area contributed by atoms with Gasteiger partial charge in [-0.1, -0.05) is 0 Å². The smallest absolute Gasteiger partial charge is 0.238 e. The maximum atomic E-state index is 15.1. The van der Waals surface area contributed by atoms with E-state index in [1.54, 1.807) is 18.3 Å². The van der Waals surface area contributed by atoms with Gasteiger partial charge in [0.1, 0.15) is 11.5 Å². The molecule has 1 aromatic carbocycles. The lowest BCUT2D eigenvalue weighted by Crippen LogP contribution is -2.41. The predicted molar refractivity (Wildman–Crippen MR) is 144 cm³/mol. The zero-order chi connectivity index (χ0) is 26.9. The molecule has 11 heteroatoms. The summed E-state index contributed by atoms with van der Waals surface area (Å²) in [5.41, 5.74) is 5.17. The Kier molecular flexibility index (Phi) is 7.62. The van der Waals surface area contributed by atoms with Crippen LogP contribution in [0.3, 0.4) is 0 Å². The van der Waals surface area contributed by atoms with E-state index in [2.05, 4.69) is 20.2 Å². The van der Waals surface area contributed by atoms with Gasteiger partial charge in [0.05, 0.1) is 37.1 Å².